The van der Waals surface area contributed by atoms with Gasteiger partial charge in [0.25, 0.3) is 0 Å². The Morgan fingerprint density at radius 2 is 1.53 bits per heavy atom. The van der Waals surface area contributed by atoms with Crippen LogP contribution in [0.25, 0.3) is 22.5 Å². The lowest BCUT2D eigenvalue weighted by Crippen LogP contribution is -2.26. The lowest BCUT2D eigenvalue weighted by Gasteiger charge is -2.10. The maximum Gasteiger partial charge on any atom is 0.328 e. The Balaban J connectivity index is 1.42. The Bertz CT molecular complexity index is 1420. The lowest BCUT2D eigenvalue weighted by atomic mass is 9.98. The first kappa shape index (κ1) is 21.6. The first-order chi connectivity index (χ1) is 16.7. The van der Waals surface area contributed by atoms with Crippen LogP contribution in [0, 0.1) is 0 Å². The SMILES string of the molecule is CCCc1cn(Cc2ccccc2)c(=O)n1Cc1ccc(-c2ccccc2-c2nn[nH]n2)cc1. The Hall–Kier alpha value is -4.26. The average Bonchev–Trinajstić information content (AvgIpc) is 3.51. The summed E-state index contributed by atoms with van der Waals surface area (Å²) in [6, 6.07) is 26.4. The summed E-state index contributed by atoms with van der Waals surface area (Å²) in [5.41, 5.74) is 6.31. The summed E-state index contributed by atoms with van der Waals surface area (Å²) in [6.45, 7) is 3.26. The number of rotatable bonds is 8. The highest BCUT2D eigenvalue weighted by Gasteiger charge is 2.13. The number of benzene rings is 3. The van der Waals surface area contributed by atoms with Gasteiger partial charge in [-0.3, -0.25) is 9.13 Å². The minimum absolute atomic E-state index is 0.0267. The quantitative estimate of drug-likeness (QED) is 0.376. The number of hydrogen-bond donors (Lipinski definition) is 1. The van der Waals surface area contributed by atoms with E-state index in [1.165, 1.54) is 0 Å². The summed E-state index contributed by atoms with van der Waals surface area (Å²) in [5.74, 6) is 0.565. The highest BCUT2D eigenvalue weighted by molar-refractivity contribution is 5.80. The molecule has 5 rings (SSSR count). The number of aryl methyl sites for hydroxylation is 1. The third-order valence-electron chi connectivity index (χ3n) is 5.95. The van der Waals surface area contributed by atoms with E-state index >= 15 is 0 Å². The fourth-order valence-electron chi connectivity index (χ4n) is 4.28. The average molecular weight is 451 g/mol. The van der Waals surface area contributed by atoms with Crippen molar-refractivity contribution in [3.63, 3.8) is 0 Å². The summed E-state index contributed by atoms with van der Waals surface area (Å²) in [5, 5.41) is 14.5. The van der Waals surface area contributed by atoms with Crippen LogP contribution in [0.3, 0.4) is 0 Å². The molecule has 0 fully saturated rings. The molecule has 2 heterocycles. The second-order valence-electron chi connectivity index (χ2n) is 8.33. The van der Waals surface area contributed by atoms with Crippen LogP contribution in [-0.2, 0) is 19.5 Å². The Kier molecular flexibility index (Phi) is 6.16. The van der Waals surface area contributed by atoms with Crippen LogP contribution in [0.15, 0.2) is 89.9 Å². The van der Waals surface area contributed by atoms with Crippen molar-refractivity contribution in [2.45, 2.75) is 32.9 Å². The van der Waals surface area contributed by atoms with Crippen LogP contribution in [0.2, 0.25) is 0 Å². The molecule has 0 bridgehead atoms. The largest absolute Gasteiger partial charge is 0.328 e. The molecule has 170 valence electrons. The van der Waals surface area contributed by atoms with Crippen molar-refractivity contribution in [1.29, 1.82) is 0 Å². The number of tetrazole rings is 1. The van der Waals surface area contributed by atoms with E-state index in [0.717, 1.165) is 46.4 Å². The van der Waals surface area contributed by atoms with Crippen LogP contribution < -0.4 is 5.69 Å². The van der Waals surface area contributed by atoms with E-state index in [2.05, 4.69) is 63.9 Å². The van der Waals surface area contributed by atoms with Gasteiger partial charge in [0.15, 0.2) is 0 Å². The Labute approximate surface area is 197 Å². The summed E-state index contributed by atoms with van der Waals surface area (Å²) in [6.07, 6.45) is 3.86. The molecule has 0 aliphatic carbocycles. The predicted molar refractivity (Wildman–Crippen MR) is 132 cm³/mol. The van der Waals surface area contributed by atoms with Gasteiger partial charge in [0.2, 0.25) is 5.82 Å². The van der Waals surface area contributed by atoms with Crippen LogP contribution in [0.5, 0.6) is 0 Å². The minimum Gasteiger partial charge on any atom is -0.295 e. The van der Waals surface area contributed by atoms with Crippen molar-refractivity contribution in [3.8, 4) is 22.5 Å². The maximum absolute atomic E-state index is 13.2. The molecule has 0 unspecified atom stereocenters. The van der Waals surface area contributed by atoms with E-state index in [-0.39, 0.29) is 5.69 Å². The van der Waals surface area contributed by atoms with Gasteiger partial charge < -0.3 is 0 Å². The van der Waals surface area contributed by atoms with Gasteiger partial charge in [-0.15, -0.1) is 10.2 Å². The highest BCUT2D eigenvalue weighted by atomic mass is 16.1. The molecule has 0 spiro atoms. The van der Waals surface area contributed by atoms with E-state index < -0.39 is 0 Å². The number of nitrogens with zero attached hydrogens (tertiary/aromatic N) is 5. The Morgan fingerprint density at radius 1 is 0.824 bits per heavy atom. The number of H-pyrrole nitrogens is 1. The van der Waals surface area contributed by atoms with Gasteiger partial charge in [0.1, 0.15) is 0 Å². The second-order valence-corrected chi connectivity index (χ2v) is 8.33. The zero-order valence-corrected chi connectivity index (χ0v) is 19.1. The van der Waals surface area contributed by atoms with Crippen molar-refractivity contribution in [3.05, 3.63) is 112 Å². The molecule has 0 atom stereocenters. The fourth-order valence-corrected chi connectivity index (χ4v) is 4.28. The third-order valence-corrected chi connectivity index (χ3v) is 5.95. The van der Waals surface area contributed by atoms with Crippen LogP contribution in [0.1, 0.15) is 30.2 Å². The van der Waals surface area contributed by atoms with E-state index in [1.807, 2.05) is 57.8 Å². The molecule has 0 saturated heterocycles. The zero-order chi connectivity index (χ0) is 23.3. The van der Waals surface area contributed by atoms with Gasteiger partial charge in [0.05, 0.1) is 13.1 Å². The Morgan fingerprint density at radius 3 is 2.24 bits per heavy atom. The topological polar surface area (TPSA) is 81.4 Å². The molecule has 3 aromatic carbocycles. The number of aromatic nitrogens is 6. The summed E-state index contributed by atoms with van der Waals surface area (Å²) >= 11 is 0. The maximum atomic E-state index is 13.2. The molecule has 5 aromatic rings. The van der Waals surface area contributed by atoms with Gasteiger partial charge in [-0.05, 0) is 33.9 Å². The van der Waals surface area contributed by atoms with Gasteiger partial charge >= 0.3 is 5.69 Å². The van der Waals surface area contributed by atoms with Crippen LogP contribution >= 0.6 is 0 Å². The van der Waals surface area contributed by atoms with Gasteiger partial charge in [-0.1, -0.05) is 92.2 Å². The zero-order valence-electron chi connectivity index (χ0n) is 19.1. The second kappa shape index (κ2) is 9.70. The summed E-state index contributed by atoms with van der Waals surface area (Å²) < 4.78 is 3.71. The minimum atomic E-state index is 0.0267. The molecule has 0 radical (unpaired) electrons. The number of aromatic amines is 1. The normalized spacial score (nSPS) is 11.1. The van der Waals surface area contributed by atoms with E-state index in [4.69, 9.17) is 0 Å². The molecular weight excluding hydrogens is 424 g/mol. The number of nitrogens with one attached hydrogen (secondary N) is 1. The molecule has 7 nitrogen and oxygen atoms in total. The monoisotopic (exact) mass is 450 g/mol. The molecule has 0 saturated carbocycles. The van der Waals surface area contributed by atoms with Crippen molar-refractivity contribution in [2.75, 3.05) is 0 Å². The summed E-state index contributed by atoms with van der Waals surface area (Å²) in [4.78, 5) is 13.2. The predicted octanol–water partition coefficient (Wildman–Crippen LogP) is 4.55. The van der Waals surface area contributed by atoms with E-state index in [9.17, 15) is 4.79 Å². The van der Waals surface area contributed by atoms with Gasteiger partial charge in [-0.2, -0.15) is 5.21 Å². The molecular formula is C27H26N6O. The molecule has 0 aliphatic heterocycles. The van der Waals surface area contributed by atoms with Crippen molar-refractivity contribution in [1.82, 2.24) is 29.8 Å². The summed E-state index contributed by atoms with van der Waals surface area (Å²) in [7, 11) is 0. The number of imidazole rings is 1. The smallest absolute Gasteiger partial charge is 0.295 e. The fraction of sp³-hybridized carbons (Fsp3) is 0.185. The van der Waals surface area contributed by atoms with E-state index in [0.29, 0.717) is 18.9 Å². The van der Waals surface area contributed by atoms with Crippen LogP contribution in [0.4, 0.5) is 0 Å². The molecule has 2 aromatic heterocycles. The lowest BCUT2D eigenvalue weighted by molar-refractivity contribution is 0.664. The molecule has 0 aliphatic rings. The standard InChI is InChI=1S/C27H26N6O/c1-2-8-23-19-32(17-20-9-4-3-5-10-20)27(34)33(23)18-21-13-15-22(16-14-21)24-11-6-7-12-25(24)26-28-30-31-29-26/h3-7,9-16,19H,2,8,17-18H2,1H3,(H,28,29,30,31). The van der Waals surface area contributed by atoms with Crippen molar-refractivity contribution >= 4 is 0 Å². The van der Waals surface area contributed by atoms with Crippen LogP contribution in [-0.4, -0.2) is 29.8 Å². The van der Waals surface area contributed by atoms with Crippen molar-refractivity contribution < 1.29 is 0 Å². The molecule has 7 heteroatoms. The van der Waals surface area contributed by atoms with E-state index in [1.54, 1.807) is 0 Å². The first-order valence-corrected chi connectivity index (χ1v) is 11.5. The molecule has 1 N–H and O–H groups in total. The van der Waals surface area contributed by atoms with Gasteiger partial charge in [0, 0.05) is 17.5 Å². The highest BCUT2D eigenvalue weighted by Crippen LogP contribution is 2.29. The molecule has 0 amide bonds. The van der Waals surface area contributed by atoms with Gasteiger partial charge in [-0.25, -0.2) is 4.79 Å². The molecule has 34 heavy (non-hydrogen) atoms. The third kappa shape index (κ3) is 4.45. The van der Waals surface area contributed by atoms with Crippen molar-refractivity contribution in [2.24, 2.45) is 0 Å². The first-order valence-electron chi connectivity index (χ1n) is 11.5. The number of hydrogen-bond acceptors (Lipinski definition) is 4.